The molecule has 15 N–H and O–H groups in total. The van der Waals surface area contributed by atoms with Gasteiger partial charge in [0, 0.05) is 100 Å². The van der Waals surface area contributed by atoms with E-state index < -0.39 is 72.5 Å². The fourth-order valence-electron chi connectivity index (χ4n) is 9.53. The summed E-state index contributed by atoms with van der Waals surface area (Å²) in [5.74, 6) is -6.60. The van der Waals surface area contributed by atoms with Crippen LogP contribution >= 0.6 is 28.1 Å². The van der Waals surface area contributed by atoms with Gasteiger partial charge in [0.2, 0.25) is 29.5 Å². The number of rotatable bonds is 34. The molecule has 1 unspecified atom stereocenters. The molecule has 3 atom stereocenters. The summed E-state index contributed by atoms with van der Waals surface area (Å²) in [5.41, 5.74) is 26.3. The van der Waals surface area contributed by atoms with E-state index in [0.717, 1.165) is 39.7 Å². The fourth-order valence-corrected chi connectivity index (χ4v) is 10.1. The van der Waals surface area contributed by atoms with Crippen LogP contribution in [-0.4, -0.2) is 201 Å². The Bertz CT molecular complexity index is 2750. The van der Waals surface area contributed by atoms with Crippen LogP contribution in [0, 0.1) is 0 Å². The fraction of sp³-hybridized carbons (Fsp3) is 0.491. The van der Waals surface area contributed by atoms with Gasteiger partial charge < -0.3 is 64.4 Å². The van der Waals surface area contributed by atoms with E-state index in [2.05, 4.69) is 37.2 Å². The number of carbonyl (C=O) groups excluding carboxylic acids is 7. The minimum atomic E-state index is -1.54. The van der Waals surface area contributed by atoms with E-state index in [1.807, 2.05) is 68.1 Å². The lowest BCUT2D eigenvalue weighted by molar-refractivity contribution is -0.141. The summed E-state index contributed by atoms with van der Waals surface area (Å²) in [6.07, 6.45) is 3.16. The van der Waals surface area contributed by atoms with E-state index in [-0.39, 0.29) is 76.5 Å². The molecular formula is C57H80BrN13O13S. The van der Waals surface area contributed by atoms with E-state index in [1.54, 1.807) is 29.2 Å². The quantitative estimate of drug-likeness (QED) is 0.0297. The number of carbonyl (C=O) groups is 10. The molecule has 0 aromatic heterocycles. The average molecular weight is 1270 g/mol. The van der Waals surface area contributed by atoms with Gasteiger partial charge in [-0.05, 0) is 104 Å². The smallest absolute Gasteiger partial charge is 0.326 e. The van der Waals surface area contributed by atoms with E-state index in [4.69, 9.17) is 40.3 Å². The highest BCUT2D eigenvalue weighted by Crippen LogP contribution is 2.19. The number of benzene rings is 3. The number of unbranched alkanes of at least 4 members (excludes halogenated alkanes) is 3. The number of carboxylic acids is 3. The van der Waals surface area contributed by atoms with Crippen LogP contribution in [0.25, 0.3) is 0 Å². The van der Waals surface area contributed by atoms with E-state index >= 15 is 0 Å². The summed E-state index contributed by atoms with van der Waals surface area (Å²) >= 11 is 9.08. The molecule has 85 heavy (non-hydrogen) atoms. The monoisotopic (exact) mass is 1270 g/mol. The molecule has 1 heterocycles. The predicted molar refractivity (Wildman–Crippen MR) is 323 cm³/mol. The maximum atomic E-state index is 13.9. The number of halogens is 1. The molecule has 1 aliphatic heterocycles. The number of amides is 8. The minimum Gasteiger partial charge on any atom is -0.481 e. The Balaban J connectivity index is 1.25. The maximum absolute atomic E-state index is 13.9. The second-order valence-corrected chi connectivity index (χ2v) is 22.3. The van der Waals surface area contributed by atoms with Crippen LogP contribution in [0.4, 0.5) is 10.5 Å². The van der Waals surface area contributed by atoms with Crippen molar-refractivity contribution in [1.29, 1.82) is 0 Å². The third-order valence-corrected chi connectivity index (χ3v) is 14.8. The first-order valence-corrected chi connectivity index (χ1v) is 29.2. The average Bonchev–Trinajstić information content (AvgIpc) is 3.65. The Morgan fingerprint density at radius 1 is 0.588 bits per heavy atom. The lowest BCUT2D eigenvalue weighted by Crippen LogP contribution is -2.54. The molecule has 464 valence electrons. The molecule has 1 aliphatic rings. The van der Waals surface area contributed by atoms with E-state index in [1.165, 1.54) is 0 Å². The maximum Gasteiger partial charge on any atom is 0.326 e. The van der Waals surface area contributed by atoms with Crippen molar-refractivity contribution in [1.82, 2.24) is 40.4 Å². The summed E-state index contributed by atoms with van der Waals surface area (Å²) in [6, 6.07) is 17.7. The number of urea groups is 1. The normalized spacial score (nSPS) is 15.4. The second kappa shape index (κ2) is 36.9. The molecule has 0 spiro atoms. The lowest BCUT2D eigenvalue weighted by atomic mass is 10.0. The first-order chi connectivity index (χ1) is 40.4. The number of anilines is 1. The third-order valence-electron chi connectivity index (χ3n) is 14.0. The Morgan fingerprint density at radius 3 is 1.67 bits per heavy atom. The summed E-state index contributed by atoms with van der Waals surface area (Å²) in [6.45, 7) is 3.13. The van der Waals surface area contributed by atoms with Crippen molar-refractivity contribution in [3.05, 3.63) is 99.5 Å². The van der Waals surface area contributed by atoms with Crippen molar-refractivity contribution in [2.45, 2.75) is 102 Å². The molecule has 8 amide bonds. The van der Waals surface area contributed by atoms with Crippen LogP contribution in [0.15, 0.2) is 77.3 Å². The number of hydrogen-bond donors (Lipinski definition) is 11. The van der Waals surface area contributed by atoms with Crippen LogP contribution < -0.4 is 44.2 Å². The van der Waals surface area contributed by atoms with Gasteiger partial charge in [0.25, 0.3) is 5.91 Å². The molecule has 3 aromatic rings. The molecular weight excluding hydrogens is 1190 g/mol. The summed E-state index contributed by atoms with van der Waals surface area (Å²) in [5, 5.41) is 38.6. The number of aliphatic carboxylic acids is 3. The number of nitrogens with one attached hydrogen (secondary N) is 4. The molecule has 3 aromatic carbocycles. The van der Waals surface area contributed by atoms with Gasteiger partial charge in [0.1, 0.15) is 12.1 Å². The van der Waals surface area contributed by atoms with Crippen molar-refractivity contribution in [3.8, 4) is 0 Å². The van der Waals surface area contributed by atoms with Gasteiger partial charge in [-0.3, -0.25) is 53.2 Å². The topological polar surface area (TPSA) is 400 Å². The lowest BCUT2D eigenvalue weighted by Gasteiger charge is -2.38. The number of nitrogens with two attached hydrogens (primary N) is 4. The molecule has 1 fully saturated rings. The summed E-state index contributed by atoms with van der Waals surface area (Å²) < 4.78 is 0.854. The van der Waals surface area contributed by atoms with Crippen LogP contribution in [0.3, 0.4) is 0 Å². The van der Waals surface area contributed by atoms with Gasteiger partial charge in [-0.25, -0.2) is 14.4 Å². The van der Waals surface area contributed by atoms with Crippen molar-refractivity contribution in [2.75, 3.05) is 83.9 Å². The molecule has 0 saturated carbocycles. The molecule has 0 bridgehead atoms. The van der Waals surface area contributed by atoms with Crippen molar-refractivity contribution in [2.24, 2.45) is 22.9 Å². The molecule has 1 saturated heterocycles. The predicted octanol–water partition coefficient (Wildman–Crippen LogP) is 1.41. The van der Waals surface area contributed by atoms with Crippen LogP contribution in [0.2, 0.25) is 0 Å². The standard InChI is InChI=1S/C57H80BrN13O13S/c58-42-17-11-40(12-18-42)32-71(23-5-4-6-45(55(80)81)65-57(84)66-46(56(82)83)21-22-53(77)78)54(79)41-15-9-39(10-16-41)31-63-51(76)7-2-1-3-8-52(85)64-43-19-13-38(14-20-43)30-44-33-69(36-49(61)74)27-26-67(34-47(59)72)24-25-68(35-48(60)73)28-29-70(44)37-50(62)75/h9-20,44-46H,1-8,21-37H2,(H2,59,72)(H2,60,73)(H2,61,74)(H2,62,75)(H,63,76)(H,64,85)(H,77,78)(H,80,81)(H,82,83)(H2,65,66,84)/t44?,45-,46-/m0/s1. The van der Waals surface area contributed by atoms with Crippen molar-refractivity contribution in [3.63, 3.8) is 0 Å². The van der Waals surface area contributed by atoms with Crippen molar-refractivity contribution < 1.29 is 63.3 Å². The van der Waals surface area contributed by atoms with Gasteiger partial charge >= 0.3 is 23.9 Å². The molecule has 0 radical (unpaired) electrons. The second-order valence-electron chi connectivity index (χ2n) is 20.9. The zero-order chi connectivity index (χ0) is 62.4. The number of thiocarbonyl (C=S) groups is 1. The highest BCUT2D eigenvalue weighted by Gasteiger charge is 2.28. The van der Waals surface area contributed by atoms with Crippen LogP contribution in [0.1, 0.15) is 91.3 Å². The van der Waals surface area contributed by atoms with Crippen molar-refractivity contribution >= 4 is 98.2 Å². The van der Waals surface area contributed by atoms with Crippen LogP contribution in [-0.2, 0) is 57.9 Å². The summed E-state index contributed by atoms with van der Waals surface area (Å²) in [7, 11) is 0. The van der Waals surface area contributed by atoms with Gasteiger partial charge in [-0.1, -0.05) is 71.0 Å². The third kappa shape index (κ3) is 28.2. The zero-order valence-electron chi connectivity index (χ0n) is 47.6. The Labute approximate surface area is 507 Å². The van der Waals surface area contributed by atoms with Gasteiger partial charge in [0.15, 0.2) is 0 Å². The minimum absolute atomic E-state index is 0.0196. The Morgan fingerprint density at radius 2 is 1.11 bits per heavy atom. The molecule has 26 nitrogen and oxygen atoms in total. The van der Waals surface area contributed by atoms with E-state index in [0.29, 0.717) is 88.5 Å². The van der Waals surface area contributed by atoms with Gasteiger partial charge in [-0.15, -0.1) is 0 Å². The zero-order valence-corrected chi connectivity index (χ0v) is 50.0. The van der Waals surface area contributed by atoms with Gasteiger partial charge in [0.05, 0.1) is 31.2 Å². The number of primary amides is 4. The number of carboxylic acid groups (broad SMARTS) is 3. The molecule has 28 heteroatoms. The number of nitrogens with zero attached hydrogens (tertiary/aromatic N) is 5. The van der Waals surface area contributed by atoms with Crippen LogP contribution in [0.5, 0.6) is 0 Å². The Hall–Kier alpha value is -7.63. The SMILES string of the molecule is NC(=O)CN1CCN(CC(N)=O)CCN(CC(N)=O)C(Cc2ccc(NC(=S)CCCCCC(=O)NCc3ccc(C(=O)N(CCCC[C@H](NC(=O)N[C@@H](CCC(=O)O)C(=O)O)C(=O)O)Cc4ccc(Br)cc4)cc3)cc2)CN(CC(N)=O)CC1. The summed E-state index contributed by atoms with van der Waals surface area (Å²) in [4.78, 5) is 132. The molecule has 4 rings (SSSR count). The highest BCUT2D eigenvalue weighted by atomic mass is 79.9. The molecule has 0 aliphatic carbocycles. The number of hydrogen-bond acceptors (Lipinski definition) is 15. The first kappa shape index (κ1) is 69.9. The highest BCUT2D eigenvalue weighted by molar-refractivity contribution is 9.10. The van der Waals surface area contributed by atoms with E-state index in [9.17, 15) is 58.2 Å². The van der Waals surface area contributed by atoms with Gasteiger partial charge in [-0.2, -0.15) is 0 Å². The Kier molecular flexibility index (Phi) is 30.4. The largest absolute Gasteiger partial charge is 0.481 e. The first-order valence-electron chi connectivity index (χ1n) is 28.0.